The first-order valence-corrected chi connectivity index (χ1v) is 12.3. The molecule has 7 heteroatoms. The third-order valence-electron chi connectivity index (χ3n) is 6.62. The molecule has 0 aliphatic rings. The maximum atomic E-state index is 13.7. The molecule has 0 amide bonds. The second-order valence-corrected chi connectivity index (χ2v) is 9.41. The molecule has 0 atom stereocenters. The van der Waals surface area contributed by atoms with E-state index in [0.29, 0.717) is 41.3 Å². The quantitative estimate of drug-likeness (QED) is 0.333. The van der Waals surface area contributed by atoms with Crippen molar-refractivity contribution in [3.05, 3.63) is 128 Å². The number of nitriles is 1. The van der Waals surface area contributed by atoms with Gasteiger partial charge in [-0.1, -0.05) is 68.4 Å². The van der Waals surface area contributed by atoms with Gasteiger partial charge < -0.3 is 4.57 Å². The molecule has 7 nitrogen and oxygen atoms in total. The highest BCUT2D eigenvalue weighted by Crippen LogP contribution is 2.19. The summed E-state index contributed by atoms with van der Waals surface area (Å²) in [7, 11) is 0. The van der Waals surface area contributed by atoms with Gasteiger partial charge in [-0.15, -0.1) is 0 Å². The van der Waals surface area contributed by atoms with Crippen LogP contribution in [0.1, 0.15) is 42.0 Å². The number of imidazole rings is 1. The summed E-state index contributed by atoms with van der Waals surface area (Å²) in [5, 5.41) is 9.10. The number of fused-ring (bicyclic) bond motifs is 1. The van der Waals surface area contributed by atoms with Gasteiger partial charge in [0.25, 0.3) is 5.56 Å². The molecule has 0 saturated carbocycles. The lowest BCUT2D eigenvalue weighted by atomic mass is 10.0. The number of hydrogen-bond acceptors (Lipinski definition) is 4. The molecule has 2 aromatic heterocycles. The van der Waals surface area contributed by atoms with Crippen LogP contribution in [0.2, 0.25) is 0 Å². The predicted molar refractivity (Wildman–Crippen MR) is 144 cm³/mol. The van der Waals surface area contributed by atoms with Gasteiger partial charge in [-0.3, -0.25) is 9.36 Å². The van der Waals surface area contributed by atoms with Crippen molar-refractivity contribution in [2.24, 2.45) is 0 Å². The Hall–Kier alpha value is -4.70. The number of benzene rings is 3. The fraction of sp³-hybridized carbons (Fsp3) is 0.200. The maximum Gasteiger partial charge on any atom is 0.337 e. The first-order valence-electron chi connectivity index (χ1n) is 12.3. The average Bonchev–Trinajstić information content (AvgIpc) is 3.33. The molecule has 0 saturated heterocycles. The normalized spacial score (nSPS) is 11.2. The van der Waals surface area contributed by atoms with Crippen LogP contribution in [0.4, 0.5) is 0 Å². The van der Waals surface area contributed by atoms with E-state index in [1.165, 1.54) is 9.13 Å². The Morgan fingerprint density at radius 1 is 0.892 bits per heavy atom. The summed E-state index contributed by atoms with van der Waals surface area (Å²) in [5.74, 6) is 0.359. The number of aryl methyl sites for hydroxylation is 1. The molecule has 0 spiro atoms. The molecule has 5 rings (SSSR count). The Labute approximate surface area is 214 Å². The van der Waals surface area contributed by atoms with Gasteiger partial charge in [0.1, 0.15) is 0 Å². The van der Waals surface area contributed by atoms with Crippen LogP contribution in [0.15, 0.2) is 94.8 Å². The van der Waals surface area contributed by atoms with Crippen LogP contribution in [0.3, 0.4) is 0 Å². The molecule has 0 fully saturated rings. The van der Waals surface area contributed by atoms with Crippen molar-refractivity contribution >= 4 is 11.2 Å². The van der Waals surface area contributed by atoms with Crippen molar-refractivity contribution < 1.29 is 0 Å². The molecule has 5 aromatic rings. The monoisotopic (exact) mass is 489 g/mol. The smallest absolute Gasteiger partial charge is 0.320 e. The van der Waals surface area contributed by atoms with Crippen LogP contribution in [0, 0.1) is 11.3 Å². The zero-order valence-corrected chi connectivity index (χ0v) is 20.8. The summed E-state index contributed by atoms with van der Waals surface area (Å²) in [6.07, 6.45) is 2.15. The van der Waals surface area contributed by atoms with E-state index < -0.39 is 5.69 Å². The Balaban J connectivity index is 1.66. The van der Waals surface area contributed by atoms with Crippen LogP contribution in [-0.4, -0.2) is 18.7 Å². The number of nitrogens with zero attached hydrogens (tertiary/aromatic N) is 5. The molecule has 0 radical (unpaired) electrons. The summed E-state index contributed by atoms with van der Waals surface area (Å²) in [6, 6.07) is 27.0. The molecule has 2 heterocycles. The van der Waals surface area contributed by atoms with Gasteiger partial charge in [-0.25, -0.2) is 14.3 Å². The van der Waals surface area contributed by atoms with Crippen molar-refractivity contribution in [1.29, 1.82) is 5.26 Å². The Morgan fingerprint density at radius 3 is 2.24 bits per heavy atom. The van der Waals surface area contributed by atoms with Crippen LogP contribution in [0.5, 0.6) is 0 Å². The average molecular weight is 490 g/mol. The van der Waals surface area contributed by atoms with Gasteiger partial charge in [0.2, 0.25) is 0 Å². The third kappa shape index (κ3) is 4.74. The molecule has 0 aliphatic heterocycles. The largest absolute Gasteiger partial charge is 0.337 e. The molecule has 37 heavy (non-hydrogen) atoms. The minimum Gasteiger partial charge on any atom is -0.320 e. The van der Waals surface area contributed by atoms with E-state index in [9.17, 15) is 9.59 Å². The van der Waals surface area contributed by atoms with Gasteiger partial charge >= 0.3 is 5.69 Å². The standard InChI is InChI=1S/C30H27N5O2/c1-21(2)25-12-14-26(15-13-25)35-28-27(33(20-32-28)19-24-10-8-23(18-31)9-11-24)29(36)34(30(35)37)17-16-22-6-4-3-5-7-22/h3-15,20-21H,16-17,19H2,1-2H3. The van der Waals surface area contributed by atoms with Crippen LogP contribution in [-0.2, 0) is 19.5 Å². The highest BCUT2D eigenvalue weighted by atomic mass is 16.2. The Morgan fingerprint density at radius 2 is 1.59 bits per heavy atom. The highest BCUT2D eigenvalue weighted by molar-refractivity contribution is 5.72. The van der Waals surface area contributed by atoms with Gasteiger partial charge in [-0.2, -0.15) is 5.26 Å². The van der Waals surface area contributed by atoms with E-state index in [1.54, 1.807) is 23.0 Å². The summed E-state index contributed by atoms with van der Waals surface area (Å²) in [4.78, 5) is 32.0. The lowest BCUT2D eigenvalue weighted by Crippen LogP contribution is -2.40. The number of hydrogen-bond donors (Lipinski definition) is 0. The van der Waals surface area contributed by atoms with E-state index >= 15 is 0 Å². The van der Waals surface area contributed by atoms with Gasteiger partial charge in [0.05, 0.1) is 23.6 Å². The van der Waals surface area contributed by atoms with Gasteiger partial charge in [0, 0.05) is 13.1 Å². The first-order chi connectivity index (χ1) is 18.0. The van der Waals surface area contributed by atoms with E-state index in [4.69, 9.17) is 5.26 Å². The minimum atomic E-state index is -0.408. The van der Waals surface area contributed by atoms with Crippen molar-refractivity contribution in [3.8, 4) is 11.8 Å². The Bertz CT molecular complexity index is 1700. The molecule has 3 aromatic carbocycles. The highest BCUT2D eigenvalue weighted by Gasteiger charge is 2.19. The second-order valence-electron chi connectivity index (χ2n) is 9.41. The summed E-state index contributed by atoms with van der Waals surface area (Å²) >= 11 is 0. The lowest BCUT2D eigenvalue weighted by Gasteiger charge is -2.14. The number of rotatable bonds is 7. The lowest BCUT2D eigenvalue weighted by molar-refractivity contribution is 0.615. The summed E-state index contributed by atoms with van der Waals surface area (Å²) in [5.41, 5.74) is 4.29. The van der Waals surface area contributed by atoms with Gasteiger partial charge in [-0.05, 0) is 53.3 Å². The van der Waals surface area contributed by atoms with E-state index in [-0.39, 0.29) is 12.1 Å². The molecule has 184 valence electrons. The topological polar surface area (TPSA) is 85.6 Å². The van der Waals surface area contributed by atoms with Crippen molar-refractivity contribution in [2.75, 3.05) is 0 Å². The molecule has 0 N–H and O–H groups in total. The predicted octanol–water partition coefficient (Wildman–Crippen LogP) is 4.63. The number of aromatic nitrogens is 4. The summed E-state index contributed by atoms with van der Waals surface area (Å²) < 4.78 is 4.61. The first kappa shape index (κ1) is 24.0. The van der Waals surface area contributed by atoms with Crippen LogP contribution in [0.25, 0.3) is 16.9 Å². The van der Waals surface area contributed by atoms with Crippen molar-refractivity contribution in [2.45, 2.75) is 39.3 Å². The van der Waals surface area contributed by atoms with Crippen LogP contribution < -0.4 is 11.2 Å². The fourth-order valence-electron chi connectivity index (χ4n) is 4.50. The van der Waals surface area contributed by atoms with Crippen molar-refractivity contribution in [1.82, 2.24) is 18.7 Å². The third-order valence-corrected chi connectivity index (χ3v) is 6.62. The second kappa shape index (κ2) is 10.1. The van der Waals surface area contributed by atoms with Crippen molar-refractivity contribution in [3.63, 3.8) is 0 Å². The minimum absolute atomic E-state index is 0.254. The maximum absolute atomic E-state index is 13.7. The SMILES string of the molecule is CC(C)c1ccc(-n2c(=O)n(CCc3ccccc3)c(=O)c3c2ncn3Cc2ccc(C#N)cc2)cc1. The molecule has 0 unspecified atom stereocenters. The molecular formula is C30H27N5O2. The fourth-order valence-corrected chi connectivity index (χ4v) is 4.50. The molecule has 0 bridgehead atoms. The zero-order chi connectivity index (χ0) is 25.9. The van der Waals surface area contributed by atoms with Gasteiger partial charge in [0.15, 0.2) is 11.2 Å². The Kier molecular flexibility index (Phi) is 6.57. The van der Waals surface area contributed by atoms with Crippen LogP contribution >= 0.6 is 0 Å². The molecular weight excluding hydrogens is 462 g/mol. The van der Waals surface area contributed by atoms with E-state index in [1.807, 2.05) is 66.7 Å². The molecule has 0 aliphatic carbocycles. The van der Waals surface area contributed by atoms with E-state index in [0.717, 1.165) is 16.7 Å². The van der Waals surface area contributed by atoms with E-state index in [2.05, 4.69) is 24.9 Å². The summed E-state index contributed by atoms with van der Waals surface area (Å²) in [6.45, 7) is 4.88. The zero-order valence-electron chi connectivity index (χ0n) is 20.8.